The fraction of sp³-hybridized carbons (Fsp3) is 0.172. The summed E-state index contributed by atoms with van der Waals surface area (Å²) in [6.45, 7) is 7.53. The molecule has 2 heteroatoms. The molecule has 4 aromatic rings. The van der Waals surface area contributed by atoms with Crippen LogP contribution in [0.5, 0.6) is 0 Å². The molecule has 0 N–H and O–H groups in total. The highest BCUT2D eigenvalue weighted by molar-refractivity contribution is 6.88. The van der Waals surface area contributed by atoms with Gasteiger partial charge in [-0.25, -0.2) is 0 Å². The van der Waals surface area contributed by atoms with Gasteiger partial charge in [0, 0.05) is 11.8 Å². The summed E-state index contributed by atoms with van der Waals surface area (Å²) in [6.07, 6.45) is 0. The van der Waals surface area contributed by atoms with E-state index < -0.39 is 8.07 Å². The average Bonchev–Trinajstić information content (AvgIpc) is 2.78. The minimum atomic E-state index is -1.47. The lowest BCUT2D eigenvalue weighted by atomic mass is 9.61. The van der Waals surface area contributed by atoms with Crippen molar-refractivity contribution in [3.05, 3.63) is 132 Å². The molecule has 0 saturated carbocycles. The summed E-state index contributed by atoms with van der Waals surface area (Å²) in [4.78, 5) is 0. The van der Waals surface area contributed by atoms with Crippen molar-refractivity contribution in [2.24, 2.45) is 0 Å². The van der Waals surface area contributed by atoms with Crippen LogP contribution in [-0.2, 0) is 0 Å². The first-order chi connectivity index (χ1) is 15.0. The monoisotopic (exact) mass is 529 g/mol. The summed E-state index contributed by atoms with van der Waals surface area (Å²) < 4.78 is 3.16. The predicted molar refractivity (Wildman–Crippen MR) is 128 cm³/mol. The van der Waals surface area contributed by atoms with Crippen LogP contribution in [0, 0.1) is 7.14 Å². The zero-order valence-corrected chi connectivity index (χ0v) is 21.4. The normalized spacial score (nSPS) is 18.3. The van der Waals surface area contributed by atoms with Gasteiger partial charge in [0.2, 0.25) is 0 Å². The van der Waals surface area contributed by atoms with Crippen molar-refractivity contribution >= 4 is 13.3 Å². The number of halogens is 1. The molecule has 2 bridgehead atoms. The lowest BCUT2D eigenvalue weighted by molar-refractivity contribution is -0.596. The van der Waals surface area contributed by atoms with Crippen LogP contribution in [0.1, 0.15) is 45.2 Å². The number of hydrogen-bond acceptors (Lipinski definition) is 0. The Balaban J connectivity index is 1.61. The Kier molecular flexibility index (Phi) is 4.52. The molecule has 0 spiro atoms. The van der Waals surface area contributed by atoms with Gasteiger partial charge in [0.1, 0.15) is 0 Å². The van der Waals surface area contributed by atoms with Crippen molar-refractivity contribution in [2.45, 2.75) is 31.5 Å². The molecule has 152 valence electrons. The zero-order valence-electron chi connectivity index (χ0n) is 18.2. The first-order valence-electron chi connectivity index (χ1n) is 11.1. The van der Waals surface area contributed by atoms with Gasteiger partial charge in [0.15, 0.2) is 7.14 Å². The van der Waals surface area contributed by atoms with E-state index in [2.05, 4.69) is 111 Å². The molecule has 0 nitrogen and oxygen atoms in total. The molecule has 3 aliphatic rings. The van der Waals surface area contributed by atoms with E-state index in [9.17, 15) is 0 Å². The minimum Gasteiger partial charge on any atom is -0.0655 e. The third kappa shape index (κ3) is 3.06. The summed E-state index contributed by atoms with van der Waals surface area (Å²) >= 11 is -0.187. The fourth-order valence-electron chi connectivity index (χ4n) is 5.43. The van der Waals surface area contributed by atoms with Gasteiger partial charge in [-0.1, -0.05) is 92.4 Å². The topological polar surface area (TPSA) is 0 Å². The molecule has 0 unspecified atom stereocenters. The molecule has 4 aromatic carbocycles. The van der Waals surface area contributed by atoms with Gasteiger partial charge in [-0.15, -0.1) is 0 Å². The van der Waals surface area contributed by atoms with E-state index in [1.807, 2.05) is 0 Å². The maximum Gasteiger partial charge on any atom is 0.357 e. The molecule has 0 amide bonds. The van der Waals surface area contributed by atoms with Crippen LogP contribution in [0.4, 0.5) is 0 Å². The maximum absolute atomic E-state index is 2.64. The molecule has 0 aromatic heterocycles. The molecule has 0 radical (unpaired) electrons. The van der Waals surface area contributed by atoms with Gasteiger partial charge in [0.25, 0.3) is 0 Å². The predicted octanol–water partition coefficient (Wildman–Crippen LogP) is 3.35. The van der Waals surface area contributed by atoms with Crippen molar-refractivity contribution in [2.75, 3.05) is 0 Å². The van der Waals surface area contributed by atoms with E-state index in [0.29, 0.717) is 11.8 Å². The van der Waals surface area contributed by atoms with Crippen LogP contribution < -0.4 is 26.4 Å². The Bertz CT molecular complexity index is 1250. The van der Waals surface area contributed by atoms with Gasteiger partial charge in [-0.3, -0.25) is 0 Å². The SMILES string of the molecule is C[Si](C)(C)c1cc2c(cc1[I+]c1ccccc1)C1c3ccccc3C2c2ccccc21. The molecular weight excluding hydrogens is 503 g/mol. The van der Waals surface area contributed by atoms with Gasteiger partial charge < -0.3 is 0 Å². The van der Waals surface area contributed by atoms with Crippen molar-refractivity contribution < 1.29 is 21.2 Å². The van der Waals surface area contributed by atoms with Crippen LogP contribution in [0.3, 0.4) is 0 Å². The highest BCUT2D eigenvalue weighted by Gasteiger charge is 2.43. The van der Waals surface area contributed by atoms with Crippen LogP contribution >= 0.6 is 0 Å². The summed E-state index contributed by atoms with van der Waals surface area (Å²) in [5, 5.41) is 1.67. The van der Waals surface area contributed by atoms with Gasteiger partial charge in [0.05, 0.1) is 8.07 Å². The van der Waals surface area contributed by atoms with Crippen LogP contribution in [0.15, 0.2) is 91.0 Å². The van der Waals surface area contributed by atoms with Crippen molar-refractivity contribution in [3.63, 3.8) is 0 Å². The van der Waals surface area contributed by atoms with E-state index in [1.54, 1.807) is 19.9 Å². The van der Waals surface area contributed by atoms with Gasteiger partial charge in [-0.05, 0) is 56.8 Å². The number of benzene rings is 4. The van der Waals surface area contributed by atoms with Crippen molar-refractivity contribution in [1.29, 1.82) is 0 Å². The molecule has 0 fully saturated rings. The molecule has 0 saturated heterocycles. The third-order valence-corrected chi connectivity index (χ3v) is 12.1. The maximum atomic E-state index is 2.64. The minimum absolute atomic E-state index is 0.187. The molecule has 0 heterocycles. The van der Waals surface area contributed by atoms with Crippen LogP contribution in [0.25, 0.3) is 0 Å². The Morgan fingerprint density at radius 1 is 0.548 bits per heavy atom. The number of rotatable bonds is 3. The molecule has 0 atom stereocenters. The molecule has 7 rings (SSSR count). The Hall–Kier alpha value is -2.17. The Morgan fingerprint density at radius 2 is 1.00 bits per heavy atom. The Morgan fingerprint density at radius 3 is 1.48 bits per heavy atom. The van der Waals surface area contributed by atoms with Crippen molar-refractivity contribution in [3.8, 4) is 0 Å². The van der Waals surface area contributed by atoms with E-state index >= 15 is 0 Å². The highest BCUT2D eigenvalue weighted by atomic mass is 127. The highest BCUT2D eigenvalue weighted by Crippen LogP contribution is 2.55. The summed E-state index contributed by atoms with van der Waals surface area (Å²) in [5.41, 5.74) is 9.21. The first kappa shape index (κ1) is 19.5. The Labute approximate surface area is 196 Å². The van der Waals surface area contributed by atoms with E-state index in [1.165, 1.54) is 25.8 Å². The fourth-order valence-corrected chi connectivity index (χ4v) is 11.9. The second kappa shape index (κ2) is 7.18. The quantitative estimate of drug-likeness (QED) is 0.244. The summed E-state index contributed by atoms with van der Waals surface area (Å²) in [6, 6.07) is 34.8. The smallest absolute Gasteiger partial charge is 0.0655 e. The second-order valence-corrected chi connectivity index (χ2v) is 17.7. The number of hydrogen-bond donors (Lipinski definition) is 0. The second-order valence-electron chi connectivity index (χ2n) is 9.72. The molecule has 0 aliphatic heterocycles. The summed E-state index contributed by atoms with van der Waals surface area (Å²) in [5.74, 6) is 0.757. The molecular formula is C29H26ISi+. The van der Waals surface area contributed by atoms with Crippen molar-refractivity contribution in [1.82, 2.24) is 0 Å². The van der Waals surface area contributed by atoms with E-state index in [0.717, 1.165) is 0 Å². The molecule has 31 heavy (non-hydrogen) atoms. The average molecular weight is 530 g/mol. The summed E-state index contributed by atoms with van der Waals surface area (Å²) in [7, 11) is -1.47. The van der Waals surface area contributed by atoms with Crippen LogP contribution in [-0.4, -0.2) is 8.07 Å². The van der Waals surface area contributed by atoms with Gasteiger partial charge >= 0.3 is 21.2 Å². The first-order valence-corrected chi connectivity index (χ1v) is 16.7. The van der Waals surface area contributed by atoms with E-state index in [4.69, 9.17) is 0 Å². The van der Waals surface area contributed by atoms with Crippen LogP contribution in [0.2, 0.25) is 19.6 Å². The standard InChI is InChI=1S/C29H26ISi/c1-31(2,3)27-18-25-24(17-26(27)30-19-11-5-4-6-12-19)28-20-13-7-9-15-22(20)29(25)23-16-10-8-14-21(23)28/h4-18,28-29H,1-3H3/q+1. The lowest BCUT2D eigenvalue weighted by Gasteiger charge is -2.42. The van der Waals surface area contributed by atoms with E-state index in [-0.39, 0.29) is 21.2 Å². The zero-order chi connectivity index (χ0) is 21.2. The largest absolute Gasteiger partial charge is 0.357 e. The molecule has 3 aliphatic carbocycles. The lowest BCUT2D eigenvalue weighted by Crippen LogP contribution is -3.62. The third-order valence-electron chi connectivity index (χ3n) is 6.78. The van der Waals surface area contributed by atoms with Gasteiger partial charge in [-0.2, -0.15) is 0 Å².